The molecule has 1 aliphatic rings. The summed E-state index contributed by atoms with van der Waals surface area (Å²) in [5.41, 5.74) is 0.206. The van der Waals surface area contributed by atoms with Gasteiger partial charge in [0, 0.05) is 11.9 Å². The number of rotatable bonds is 6. The van der Waals surface area contributed by atoms with Gasteiger partial charge in [-0.05, 0) is 30.7 Å². The van der Waals surface area contributed by atoms with Gasteiger partial charge in [-0.3, -0.25) is 14.9 Å². The number of halogens is 1. The summed E-state index contributed by atoms with van der Waals surface area (Å²) in [6.45, 7) is 0.589. The van der Waals surface area contributed by atoms with Crippen molar-refractivity contribution in [2.45, 2.75) is 19.3 Å². The van der Waals surface area contributed by atoms with E-state index in [4.69, 9.17) is 4.42 Å². The van der Waals surface area contributed by atoms with Crippen LogP contribution in [-0.2, 0) is 0 Å². The molecule has 7 heteroatoms. The summed E-state index contributed by atoms with van der Waals surface area (Å²) in [6.07, 6.45) is 3.24. The fourth-order valence-corrected chi connectivity index (χ4v) is 2.64. The molecule has 98 valence electrons. The van der Waals surface area contributed by atoms with Crippen LogP contribution in [0, 0.1) is 15.5 Å². The van der Waals surface area contributed by atoms with Crippen LogP contribution in [0.5, 0.6) is 0 Å². The largest absolute Gasteiger partial charge is 0.433 e. The molecule has 1 N–H and O–H groups in total. The topological polar surface area (TPSA) is 85.4 Å². The van der Waals surface area contributed by atoms with Gasteiger partial charge in [-0.15, -0.1) is 0 Å². The second-order valence-electron chi connectivity index (χ2n) is 4.52. The molecule has 0 saturated heterocycles. The summed E-state index contributed by atoms with van der Waals surface area (Å²) < 4.78 is 4.83. The molecule has 1 aromatic heterocycles. The van der Waals surface area contributed by atoms with Crippen LogP contribution >= 0.6 is 15.9 Å². The van der Waals surface area contributed by atoms with E-state index in [1.54, 1.807) is 0 Å². The highest BCUT2D eigenvalue weighted by Crippen LogP contribution is 2.48. The first-order valence-electron chi connectivity index (χ1n) is 5.65. The molecule has 18 heavy (non-hydrogen) atoms. The van der Waals surface area contributed by atoms with Crippen LogP contribution in [0.1, 0.15) is 29.8 Å². The van der Waals surface area contributed by atoms with Gasteiger partial charge >= 0.3 is 5.88 Å². The molecule has 0 spiro atoms. The molecule has 1 saturated carbocycles. The van der Waals surface area contributed by atoms with Crippen LogP contribution in [0.3, 0.4) is 0 Å². The fraction of sp³-hybridized carbons (Fsp3) is 0.545. The molecule has 1 amide bonds. The van der Waals surface area contributed by atoms with Crippen molar-refractivity contribution >= 4 is 27.7 Å². The van der Waals surface area contributed by atoms with E-state index in [1.165, 1.54) is 12.1 Å². The molecule has 2 rings (SSSR count). The second-order valence-corrected chi connectivity index (χ2v) is 5.31. The Morgan fingerprint density at radius 3 is 2.78 bits per heavy atom. The fourth-order valence-electron chi connectivity index (χ4n) is 1.80. The van der Waals surface area contributed by atoms with Crippen molar-refractivity contribution in [2.75, 3.05) is 11.9 Å². The standard InChI is InChI=1S/C11H13BrN2O4/c12-6-5-11(3-4-11)7-13-10(15)8-1-2-9(18-8)14(16)17/h1-2H,3-7H2,(H,13,15). The van der Waals surface area contributed by atoms with E-state index in [9.17, 15) is 14.9 Å². The number of hydrogen-bond acceptors (Lipinski definition) is 4. The number of alkyl halides is 1. The minimum absolute atomic E-state index is 0.0173. The van der Waals surface area contributed by atoms with Crippen molar-refractivity contribution in [1.82, 2.24) is 5.32 Å². The first kappa shape index (κ1) is 13.1. The van der Waals surface area contributed by atoms with E-state index in [2.05, 4.69) is 21.2 Å². The van der Waals surface area contributed by atoms with Crippen LogP contribution in [0.25, 0.3) is 0 Å². The summed E-state index contributed by atoms with van der Waals surface area (Å²) in [4.78, 5) is 21.5. The van der Waals surface area contributed by atoms with Gasteiger partial charge in [0.25, 0.3) is 5.91 Å². The normalized spacial score (nSPS) is 16.3. The Labute approximate surface area is 112 Å². The molecule has 6 nitrogen and oxygen atoms in total. The van der Waals surface area contributed by atoms with Crippen LogP contribution in [0.4, 0.5) is 5.88 Å². The SMILES string of the molecule is O=C(NCC1(CCBr)CC1)c1ccc([N+](=O)[O-])o1. The number of carbonyl (C=O) groups excluding carboxylic acids is 1. The molecule has 0 atom stereocenters. The maximum Gasteiger partial charge on any atom is 0.433 e. The van der Waals surface area contributed by atoms with Gasteiger partial charge in [-0.1, -0.05) is 15.9 Å². The third-order valence-electron chi connectivity index (χ3n) is 3.20. The lowest BCUT2D eigenvalue weighted by molar-refractivity contribution is -0.402. The smallest absolute Gasteiger partial charge is 0.395 e. The van der Waals surface area contributed by atoms with Crippen molar-refractivity contribution in [2.24, 2.45) is 5.41 Å². The molecule has 0 bridgehead atoms. The number of nitrogens with zero attached hydrogens (tertiary/aromatic N) is 1. The number of amides is 1. The van der Waals surface area contributed by atoms with E-state index >= 15 is 0 Å². The molecule has 1 aliphatic carbocycles. The maximum atomic E-state index is 11.7. The maximum absolute atomic E-state index is 11.7. The summed E-state index contributed by atoms with van der Waals surface area (Å²) in [5.74, 6) is -0.831. The third-order valence-corrected chi connectivity index (χ3v) is 3.60. The Balaban J connectivity index is 1.89. The van der Waals surface area contributed by atoms with Crippen molar-refractivity contribution in [1.29, 1.82) is 0 Å². The zero-order valence-corrected chi connectivity index (χ0v) is 11.2. The molecule has 0 unspecified atom stereocenters. The number of nitrogens with one attached hydrogen (secondary N) is 1. The summed E-state index contributed by atoms with van der Waals surface area (Å²) >= 11 is 3.39. The monoisotopic (exact) mass is 316 g/mol. The van der Waals surface area contributed by atoms with Gasteiger partial charge in [-0.2, -0.15) is 0 Å². The molecule has 1 heterocycles. The lowest BCUT2D eigenvalue weighted by Gasteiger charge is -2.13. The molecule has 0 radical (unpaired) electrons. The van der Waals surface area contributed by atoms with Gasteiger partial charge in [0.05, 0.1) is 6.07 Å². The van der Waals surface area contributed by atoms with Gasteiger partial charge in [0.1, 0.15) is 4.92 Å². The van der Waals surface area contributed by atoms with Crippen LogP contribution in [-0.4, -0.2) is 22.7 Å². The first-order valence-corrected chi connectivity index (χ1v) is 6.77. The van der Waals surface area contributed by atoms with Crippen molar-refractivity contribution in [3.63, 3.8) is 0 Å². The van der Waals surface area contributed by atoms with E-state index in [0.717, 1.165) is 24.6 Å². The quantitative estimate of drug-likeness (QED) is 0.496. The van der Waals surface area contributed by atoms with E-state index in [0.29, 0.717) is 6.54 Å². The zero-order valence-electron chi connectivity index (χ0n) is 9.65. The Morgan fingerprint density at radius 2 is 2.28 bits per heavy atom. The van der Waals surface area contributed by atoms with Crippen LogP contribution in [0.15, 0.2) is 16.5 Å². The third kappa shape index (κ3) is 2.90. The number of carbonyl (C=O) groups is 1. The van der Waals surface area contributed by atoms with Crippen molar-refractivity contribution in [3.8, 4) is 0 Å². The number of hydrogen-bond donors (Lipinski definition) is 1. The van der Waals surface area contributed by atoms with Crippen molar-refractivity contribution in [3.05, 3.63) is 28.0 Å². The molecule has 0 aliphatic heterocycles. The number of furan rings is 1. The van der Waals surface area contributed by atoms with E-state index in [-0.39, 0.29) is 11.2 Å². The Bertz CT molecular complexity index is 467. The van der Waals surface area contributed by atoms with E-state index in [1.807, 2.05) is 0 Å². The highest BCUT2D eigenvalue weighted by Gasteiger charge is 2.41. The summed E-state index contributed by atoms with van der Waals surface area (Å²) in [5, 5.41) is 14.1. The molecule has 1 fully saturated rings. The lowest BCUT2D eigenvalue weighted by atomic mass is 10.0. The average Bonchev–Trinajstić information content (AvgIpc) is 2.92. The number of nitro groups is 1. The zero-order chi connectivity index (χ0) is 13.2. The molecule has 0 aromatic carbocycles. The van der Waals surface area contributed by atoms with Crippen molar-refractivity contribution < 1.29 is 14.1 Å². The minimum atomic E-state index is -0.663. The van der Waals surface area contributed by atoms with Crippen LogP contribution in [0.2, 0.25) is 0 Å². The Hall–Kier alpha value is -1.37. The van der Waals surface area contributed by atoms with Gasteiger partial charge in [-0.25, -0.2) is 0 Å². The van der Waals surface area contributed by atoms with Gasteiger partial charge in [0.2, 0.25) is 0 Å². The predicted molar refractivity (Wildman–Crippen MR) is 67.8 cm³/mol. The highest BCUT2D eigenvalue weighted by molar-refractivity contribution is 9.09. The Morgan fingerprint density at radius 1 is 1.56 bits per heavy atom. The summed E-state index contributed by atoms with van der Waals surface area (Å²) in [7, 11) is 0. The lowest BCUT2D eigenvalue weighted by Crippen LogP contribution is -2.30. The second kappa shape index (κ2) is 5.09. The highest BCUT2D eigenvalue weighted by atomic mass is 79.9. The first-order chi connectivity index (χ1) is 8.56. The Kier molecular flexibility index (Phi) is 3.70. The van der Waals surface area contributed by atoms with Crippen LogP contribution < -0.4 is 5.32 Å². The predicted octanol–water partition coefficient (Wildman–Crippen LogP) is 2.48. The average molecular weight is 317 g/mol. The minimum Gasteiger partial charge on any atom is -0.395 e. The summed E-state index contributed by atoms with van der Waals surface area (Å²) in [6, 6.07) is 2.50. The van der Waals surface area contributed by atoms with Gasteiger partial charge < -0.3 is 9.73 Å². The van der Waals surface area contributed by atoms with E-state index < -0.39 is 16.7 Å². The molecule has 1 aromatic rings. The molecular formula is C11H13BrN2O4. The van der Waals surface area contributed by atoms with Gasteiger partial charge in [0.15, 0.2) is 5.76 Å². The molecular weight excluding hydrogens is 304 g/mol.